The Labute approximate surface area is 164 Å². The van der Waals surface area contributed by atoms with Gasteiger partial charge in [0.05, 0.1) is 25.0 Å². The number of benzene rings is 1. The Kier molecular flexibility index (Phi) is 5.10. The summed E-state index contributed by atoms with van der Waals surface area (Å²) in [6, 6.07) is 13.9. The molecule has 6 nitrogen and oxygen atoms in total. The molecule has 2 aromatic heterocycles. The van der Waals surface area contributed by atoms with Crippen LogP contribution >= 0.6 is 0 Å². The van der Waals surface area contributed by atoms with Crippen LogP contribution in [0.3, 0.4) is 0 Å². The van der Waals surface area contributed by atoms with Crippen molar-refractivity contribution in [2.75, 3.05) is 13.7 Å². The van der Waals surface area contributed by atoms with Crippen molar-refractivity contribution in [3.63, 3.8) is 0 Å². The molecule has 1 fully saturated rings. The van der Waals surface area contributed by atoms with Crippen LogP contribution in [0.1, 0.15) is 13.3 Å². The zero-order chi connectivity index (χ0) is 19.5. The van der Waals surface area contributed by atoms with Gasteiger partial charge in [0.25, 0.3) is 0 Å². The molecular formula is C22H24N4O2. The van der Waals surface area contributed by atoms with Gasteiger partial charge >= 0.3 is 0 Å². The maximum absolute atomic E-state index is 12.1. The first kappa shape index (κ1) is 18.2. The van der Waals surface area contributed by atoms with Crippen molar-refractivity contribution < 1.29 is 9.53 Å². The Balaban J connectivity index is 1.59. The summed E-state index contributed by atoms with van der Waals surface area (Å²) >= 11 is 0. The molecule has 1 N–H and O–H groups in total. The number of hydrogen-bond donors (Lipinski definition) is 1. The van der Waals surface area contributed by atoms with E-state index in [1.165, 1.54) is 0 Å². The van der Waals surface area contributed by atoms with E-state index in [2.05, 4.69) is 23.3 Å². The van der Waals surface area contributed by atoms with E-state index in [0.717, 1.165) is 34.7 Å². The van der Waals surface area contributed by atoms with Gasteiger partial charge < -0.3 is 10.1 Å². The Morgan fingerprint density at radius 3 is 2.79 bits per heavy atom. The quantitative estimate of drug-likeness (QED) is 0.686. The highest BCUT2D eigenvalue weighted by Crippen LogP contribution is 2.37. The second-order valence-corrected chi connectivity index (χ2v) is 7.22. The van der Waals surface area contributed by atoms with Crippen LogP contribution in [0.25, 0.3) is 22.5 Å². The SMILES string of the molecule is COc1cccc(-c2cc(-c3cccnc3)nn2CCNC(=O)C2CC2C)c1. The molecule has 0 spiro atoms. The van der Waals surface area contributed by atoms with E-state index in [1.807, 2.05) is 41.1 Å². The van der Waals surface area contributed by atoms with Crippen LogP contribution in [0.4, 0.5) is 0 Å². The first-order valence-corrected chi connectivity index (χ1v) is 9.56. The fraction of sp³-hybridized carbons (Fsp3) is 0.318. The molecular weight excluding hydrogens is 352 g/mol. The van der Waals surface area contributed by atoms with E-state index >= 15 is 0 Å². The van der Waals surface area contributed by atoms with Crippen molar-refractivity contribution in [1.82, 2.24) is 20.1 Å². The maximum Gasteiger partial charge on any atom is 0.223 e. The lowest BCUT2D eigenvalue weighted by Crippen LogP contribution is -2.29. The van der Waals surface area contributed by atoms with Gasteiger partial charge in [0, 0.05) is 36.0 Å². The van der Waals surface area contributed by atoms with Crippen molar-refractivity contribution in [1.29, 1.82) is 0 Å². The highest BCUT2D eigenvalue weighted by atomic mass is 16.5. The number of rotatable bonds is 7. The van der Waals surface area contributed by atoms with Crippen LogP contribution in [0, 0.1) is 11.8 Å². The zero-order valence-corrected chi connectivity index (χ0v) is 16.1. The topological polar surface area (TPSA) is 69.0 Å². The first-order chi connectivity index (χ1) is 13.7. The number of amides is 1. The summed E-state index contributed by atoms with van der Waals surface area (Å²) in [5, 5.41) is 7.81. The highest BCUT2D eigenvalue weighted by Gasteiger charge is 2.38. The van der Waals surface area contributed by atoms with Gasteiger partial charge in [-0.2, -0.15) is 5.10 Å². The fourth-order valence-electron chi connectivity index (χ4n) is 3.36. The van der Waals surface area contributed by atoms with E-state index in [0.29, 0.717) is 19.0 Å². The van der Waals surface area contributed by atoms with Crippen molar-refractivity contribution >= 4 is 5.91 Å². The second-order valence-electron chi connectivity index (χ2n) is 7.22. The zero-order valence-electron chi connectivity index (χ0n) is 16.1. The average molecular weight is 376 g/mol. The molecule has 1 amide bonds. The van der Waals surface area contributed by atoms with Crippen LogP contribution in [-0.4, -0.2) is 34.3 Å². The summed E-state index contributed by atoms with van der Waals surface area (Å²) in [6.07, 6.45) is 4.55. The van der Waals surface area contributed by atoms with E-state index in [9.17, 15) is 4.79 Å². The molecule has 1 aliphatic carbocycles. The fourth-order valence-corrected chi connectivity index (χ4v) is 3.36. The molecule has 4 rings (SSSR count). The molecule has 0 saturated heterocycles. The summed E-state index contributed by atoms with van der Waals surface area (Å²) in [5.74, 6) is 1.63. The van der Waals surface area contributed by atoms with Crippen molar-refractivity contribution in [3.05, 3.63) is 54.9 Å². The molecule has 0 radical (unpaired) electrons. The highest BCUT2D eigenvalue weighted by molar-refractivity contribution is 5.81. The number of methoxy groups -OCH3 is 1. The molecule has 6 heteroatoms. The van der Waals surface area contributed by atoms with Gasteiger partial charge in [0.2, 0.25) is 5.91 Å². The third kappa shape index (κ3) is 3.91. The molecule has 144 valence electrons. The Morgan fingerprint density at radius 1 is 1.25 bits per heavy atom. The van der Waals surface area contributed by atoms with Gasteiger partial charge in [-0.25, -0.2) is 0 Å². The number of ether oxygens (including phenoxy) is 1. The molecule has 3 aromatic rings. The van der Waals surface area contributed by atoms with E-state index in [4.69, 9.17) is 9.84 Å². The van der Waals surface area contributed by atoms with Gasteiger partial charge in [-0.05, 0) is 42.7 Å². The van der Waals surface area contributed by atoms with Crippen LogP contribution in [-0.2, 0) is 11.3 Å². The minimum atomic E-state index is 0.148. The van der Waals surface area contributed by atoms with Gasteiger partial charge in [0.15, 0.2) is 0 Å². The molecule has 1 aliphatic rings. The smallest absolute Gasteiger partial charge is 0.223 e. The van der Waals surface area contributed by atoms with Crippen molar-refractivity contribution in [2.45, 2.75) is 19.9 Å². The first-order valence-electron chi connectivity index (χ1n) is 9.56. The minimum Gasteiger partial charge on any atom is -0.497 e. The van der Waals surface area contributed by atoms with Crippen LogP contribution in [0.5, 0.6) is 5.75 Å². The molecule has 2 heterocycles. The summed E-state index contributed by atoms with van der Waals surface area (Å²) in [7, 11) is 1.66. The number of carbonyl (C=O) groups excluding carboxylic acids is 1. The van der Waals surface area contributed by atoms with E-state index in [-0.39, 0.29) is 11.8 Å². The predicted molar refractivity (Wildman–Crippen MR) is 108 cm³/mol. The number of aromatic nitrogens is 3. The average Bonchev–Trinajstić information content (AvgIpc) is 3.32. The summed E-state index contributed by atoms with van der Waals surface area (Å²) < 4.78 is 7.31. The lowest BCUT2D eigenvalue weighted by Gasteiger charge is -2.10. The molecule has 2 atom stereocenters. The minimum absolute atomic E-state index is 0.148. The lowest BCUT2D eigenvalue weighted by atomic mass is 10.1. The third-order valence-electron chi connectivity index (χ3n) is 5.17. The summed E-state index contributed by atoms with van der Waals surface area (Å²) in [4.78, 5) is 16.3. The molecule has 0 aliphatic heterocycles. The van der Waals surface area contributed by atoms with Crippen LogP contribution in [0.2, 0.25) is 0 Å². The largest absolute Gasteiger partial charge is 0.497 e. The summed E-state index contributed by atoms with van der Waals surface area (Å²) in [5.41, 5.74) is 3.81. The Bertz CT molecular complexity index is 968. The van der Waals surface area contributed by atoms with Crippen LogP contribution < -0.4 is 10.1 Å². The van der Waals surface area contributed by atoms with Gasteiger partial charge in [-0.3, -0.25) is 14.5 Å². The molecule has 28 heavy (non-hydrogen) atoms. The van der Waals surface area contributed by atoms with Crippen molar-refractivity contribution in [2.24, 2.45) is 11.8 Å². The second kappa shape index (κ2) is 7.84. The summed E-state index contributed by atoms with van der Waals surface area (Å²) in [6.45, 7) is 3.26. The molecule has 1 aromatic carbocycles. The standard InChI is InChI=1S/C22H24N4O2/c1-15-11-19(15)22(27)24-9-10-26-21(16-5-3-7-18(12-16)28-2)13-20(25-26)17-6-4-8-23-14-17/h3-8,12-15,19H,9-11H2,1-2H3,(H,24,27). The molecule has 1 saturated carbocycles. The number of carbonyl (C=O) groups is 1. The van der Waals surface area contributed by atoms with Gasteiger partial charge in [0.1, 0.15) is 5.75 Å². The number of nitrogens with one attached hydrogen (secondary N) is 1. The van der Waals surface area contributed by atoms with Crippen molar-refractivity contribution in [3.8, 4) is 28.3 Å². The normalized spacial score (nSPS) is 17.9. The number of nitrogens with zero attached hydrogens (tertiary/aromatic N) is 3. The lowest BCUT2D eigenvalue weighted by molar-refractivity contribution is -0.122. The predicted octanol–water partition coefficient (Wildman–Crippen LogP) is 3.39. The van der Waals surface area contributed by atoms with Gasteiger partial charge in [-0.1, -0.05) is 19.1 Å². The Morgan fingerprint density at radius 2 is 2.07 bits per heavy atom. The van der Waals surface area contributed by atoms with E-state index in [1.54, 1.807) is 19.5 Å². The maximum atomic E-state index is 12.1. The molecule has 2 unspecified atom stereocenters. The van der Waals surface area contributed by atoms with Crippen LogP contribution in [0.15, 0.2) is 54.9 Å². The van der Waals surface area contributed by atoms with E-state index < -0.39 is 0 Å². The molecule has 0 bridgehead atoms. The number of pyridine rings is 1. The Hall–Kier alpha value is -3.15. The van der Waals surface area contributed by atoms with Gasteiger partial charge in [-0.15, -0.1) is 0 Å². The number of hydrogen-bond acceptors (Lipinski definition) is 4. The monoisotopic (exact) mass is 376 g/mol. The third-order valence-corrected chi connectivity index (χ3v) is 5.17.